The van der Waals surface area contributed by atoms with E-state index in [1.54, 1.807) is 19.5 Å². The molecule has 0 spiro atoms. The molecule has 3 aromatic carbocycles. The summed E-state index contributed by atoms with van der Waals surface area (Å²) in [6.45, 7) is 0.720. The van der Waals surface area contributed by atoms with Gasteiger partial charge in [-0.1, -0.05) is 83.2 Å². The van der Waals surface area contributed by atoms with Crippen LogP contribution in [0.4, 0.5) is 0 Å². The topological polar surface area (TPSA) is 44.5 Å². The molecule has 2 N–H and O–H groups in total. The van der Waals surface area contributed by atoms with Gasteiger partial charge in [0.15, 0.2) is 0 Å². The molecule has 0 radical (unpaired) electrons. The maximum Gasteiger partial charge on any atom is 2.00 e. The van der Waals surface area contributed by atoms with Crippen LogP contribution in [0.3, 0.4) is 0 Å². The van der Waals surface area contributed by atoms with E-state index in [1.807, 2.05) is 24.3 Å². The zero-order valence-electron chi connectivity index (χ0n) is 24.0. The van der Waals surface area contributed by atoms with Gasteiger partial charge in [-0.2, -0.15) is 35.9 Å². The summed E-state index contributed by atoms with van der Waals surface area (Å²) in [6, 6.07) is 26.2. The maximum atomic E-state index is 5.80. The zero-order chi connectivity index (χ0) is 26.6. The summed E-state index contributed by atoms with van der Waals surface area (Å²) < 4.78 is 11.6. The maximum absolute atomic E-state index is 5.80. The van der Waals surface area contributed by atoms with Crippen LogP contribution in [0.5, 0.6) is 11.5 Å². The first-order valence-electron chi connectivity index (χ1n) is 14.5. The molecular formula is C34H45ClNO2PPd. The average Bonchev–Trinajstić information content (AvgIpc) is 2.99. The Balaban J connectivity index is 0.000000437. The number of halogens is 1. The zero-order valence-corrected chi connectivity index (χ0v) is 27.2. The predicted molar refractivity (Wildman–Crippen MR) is 163 cm³/mol. The quantitative estimate of drug-likeness (QED) is 0.205. The molecule has 220 valence electrons. The fraction of sp³-hybridized carbons (Fsp3) is 0.471. The summed E-state index contributed by atoms with van der Waals surface area (Å²) >= 11 is 0. The van der Waals surface area contributed by atoms with Crippen LogP contribution in [-0.4, -0.2) is 32.1 Å². The van der Waals surface area contributed by atoms with Crippen LogP contribution in [0.1, 0.15) is 69.8 Å². The second-order valence-corrected chi connectivity index (χ2v) is 13.3. The van der Waals surface area contributed by atoms with Crippen LogP contribution in [0.2, 0.25) is 0 Å². The van der Waals surface area contributed by atoms with Crippen LogP contribution >= 0.6 is 7.92 Å². The van der Waals surface area contributed by atoms with Gasteiger partial charge in [0.1, 0.15) is 11.5 Å². The van der Waals surface area contributed by atoms with Crippen molar-refractivity contribution >= 4 is 13.2 Å². The second-order valence-electron chi connectivity index (χ2n) is 10.5. The molecule has 2 aliphatic rings. The van der Waals surface area contributed by atoms with Crippen LogP contribution in [0.25, 0.3) is 11.1 Å². The third kappa shape index (κ3) is 9.31. The molecule has 40 heavy (non-hydrogen) atoms. The van der Waals surface area contributed by atoms with E-state index in [0.717, 1.165) is 41.3 Å². The first-order valence-corrected chi connectivity index (χ1v) is 16.0. The second kappa shape index (κ2) is 18.9. The van der Waals surface area contributed by atoms with Crippen molar-refractivity contribution in [3.05, 3.63) is 78.4 Å². The number of hydrogen-bond acceptors (Lipinski definition) is 3. The van der Waals surface area contributed by atoms with E-state index in [-0.39, 0.29) is 40.8 Å². The third-order valence-corrected chi connectivity index (χ3v) is 11.6. The number of hydrogen-bond donors (Lipinski definition) is 1. The summed E-state index contributed by atoms with van der Waals surface area (Å²) in [6.07, 6.45) is 15.1. The van der Waals surface area contributed by atoms with E-state index >= 15 is 0 Å². The van der Waals surface area contributed by atoms with Crippen LogP contribution in [-0.2, 0) is 26.8 Å². The molecule has 0 bridgehead atoms. The standard InChI is InChI=1S/C26H35O2P.C8H10N.ClH.Pd/c1-27-23-17-11-18-24(28-2)26(23)22-16-9-10-19-25(22)29(20-12-5-3-6-13-20)21-14-7-4-8-15-21;9-7-6-8-4-2-1-3-5-8;;/h9-11,16-21H,3-8,12-15H2,1-2H3;1-2,4-5H,6-7,9H2;1H;/q;-1;;+2/p-1. The summed E-state index contributed by atoms with van der Waals surface area (Å²) in [4.78, 5) is 0. The van der Waals surface area contributed by atoms with Gasteiger partial charge in [-0.15, -0.1) is 0 Å². The molecule has 2 fully saturated rings. The number of ether oxygens (including phenoxy) is 2. The molecule has 2 aliphatic carbocycles. The van der Waals surface area contributed by atoms with Crippen molar-refractivity contribution in [2.75, 3.05) is 20.8 Å². The molecule has 0 amide bonds. The average molecular weight is 673 g/mol. The van der Waals surface area contributed by atoms with Gasteiger partial charge in [-0.05, 0) is 66.5 Å². The van der Waals surface area contributed by atoms with Crippen molar-refractivity contribution in [3.63, 3.8) is 0 Å². The fourth-order valence-electron chi connectivity index (χ4n) is 6.19. The monoisotopic (exact) mass is 671 g/mol. The molecule has 0 aromatic heterocycles. The van der Waals surface area contributed by atoms with Gasteiger partial charge in [0.05, 0.1) is 19.8 Å². The van der Waals surface area contributed by atoms with Crippen LogP contribution in [0, 0.1) is 6.07 Å². The normalized spacial score (nSPS) is 15.7. The number of benzene rings is 3. The molecule has 0 unspecified atom stereocenters. The minimum Gasteiger partial charge on any atom is -1.00 e. The SMILES string of the molecule is COc1cccc(OC)c1-c1ccccc1P(C1CCCCC1)C1CCCCC1.NCCc1c[c-]ccc1.[Cl-].[Pd+2]. The van der Waals surface area contributed by atoms with Crippen molar-refractivity contribution in [1.82, 2.24) is 0 Å². The molecule has 3 aromatic rings. The van der Waals surface area contributed by atoms with Crippen molar-refractivity contribution in [3.8, 4) is 22.6 Å². The molecule has 5 rings (SSSR count). The van der Waals surface area contributed by atoms with E-state index in [2.05, 4.69) is 48.5 Å². The molecule has 2 saturated carbocycles. The minimum atomic E-state index is -0.182. The largest absolute Gasteiger partial charge is 2.00 e. The molecule has 6 heteroatoms. The Labute approximate surface area is 263 Å². The molecule has 0 aliphatic heterocycles. The molecule has 0 atom stereocenters. The van der Waals surface area contributed by atoms with E-state index in [4.69, 9.17) is 15.2 Å². The van der Waals surface area contributed by atoms with Crippen molar-refractivity contribution in [1.29, 1.82) is 0 Å². The van der Waals surface area contributed by atoms with Crippen LogP contribution in [0.15, 0.2) is 66.7 Å². The fourth-order valence-corrected chi connectivity index (χ4v) is 10.1. The van der Waals surface area contributed by atoms with E-state index in [1.165, 1.54) is 75.3 Å². The minimum absolute atomic E-state index is 0. The van der Waals surface area contributed by atoms with Gasteiger partial charge >= 0.3 is 20.4 Å². The molecule has 0 saturated heterocycles. The van der Waals surface area contributed by atoms with Gasteiger partial charge < -0.3 is 27.6 Å². The van der Waals surface area contributed by atoms with Gasteiger partial charge in [-0.25, -0.2) is 0 Å². The van der Waals surface area contributed by atoms with Gasteiger partial charge in [0.2, 0.25) is 0 Å². The first kappa shape index (κ1) is 34.8. The molecule has 3 nitrogen and oxygen atoms in total. The Morgan fingerprint density at radius 1 is 0.775 bits per heavy atom. The Morgan fingerprint density at radius 2 is 1.35 bits per heavy atom. The Hall–Kier alpha value is -1.40. The number of nitrogens with two attached hydrogens (primary N) is 1. The molecular weight excluding hydrogens is 627 g/mol. The molecule has 0 heterocycles. The Morgan fingerprint density at radius 3 is 1.85 bits per heavy atom. The van der Waals surface area contributed by atoms with E-state index in [9.17, 15) is 0 Å². The van der Waals surface area contributed by atoms with Crippen LogP contribution < -0.4 is 32.9 Å². The summed E-state index contributed by atoms with van der Waals surface area (Å²) in [5, 5.41) is 1.59. The number of methoxy groups -OCH3 is 2. The summed E-state index contributed by atoms with van der Waals surface area (Å²) in [5.41, 5.74) is 10.8. The van der Waals surface area contributed by atoms with Crippen molar-refractivity contribution < 1.29 is 42.3 Å². The predicted octanol–water partition coefficient (Wildman–Crippen LogP) is 5.13. The van der Waals surface area contributed by atoms with Crippen molar-refractivity contribution in [2.24, 2.45) is 5.73 Å². The third-order valence-electron chi connectivity index (χ3n) is 8.02. The summed E-state index contributed by atoms with van der Waals surface area (Å²) in [7, 11) is 3.36. The van der Waals surface area contributed by atoms with Crippen molar-refractivity contribution in [2.45, 2.75) is 81.9 Å². The Bertz CT molecular complexity index is 1060. The smallest absolute Gasteiger partial charge is 1.00 e. The number of rotatable bonds is 8. The van der Waals surface area contributed by atoms with Gasteiger partial charge in [0, 0.05) is 0 Å². The Kier molecular flexibility index (Phi) is 16.5. The van der Waals surface area contributed by atoms with E-state index in [0.29, 0.717) is 0 Å². The van der Waals surface area contributed by atoms with Gasteiger partial charge in [-0.3, -0.25) is 0 Å². The van der Waals surface area contributed by atoms with Gasteiger partial charge in [0.25, 0.3) is 0 Å². The van der Waals surface area contributed by atoms with E-state index < -0.39 is 0 Å². The first-order chi connectivity index (χ1) is 18.8. The summed E-state index contributed by atoms with van der Waals surface area (Å²) in [5.74, 6) is 1.83.